The van der Waals surface area contributed by atoms with Crippen molar-refractivity contribution in [3.8, 4) is 0 Å². The summed E-state index contributed by atoms with van der Waals surface area (Å²) in [6.45, 7) is 0.0594. The topological polar surface area (TPSA) is 104 Å². The summed E-state index contributed by atoms with van der Waals surface area (Å²) in [6.07, 6.45) is 7.08. The largest absolute Gasteiger partial charge is 0.481 e. The fourth-order valence-electron chi connectivity index (χ4n) is 2.47. The molecule has 148 valence electrons. The van der Waals surface area contributed by atoms with E-state index in [-0.39, 0.29) is 17.9 Å². The molecular weight excluding hydrogens is 380 g/mol. The monoisotopic (exact) mass is 402 g/mol. The second-order valence-corrected chi connectivity index (χ2v) is 7.11. The number of thioether (sulfide) groups is 1. The van der Waals surface area contributed by atoms with E-state index in [0.717, 1.165) is 22.2 Å². The van der Waals surface area contributed by atoms with E-state index in [4.69, 9.17) is 5.11 Å². The van der Waals surface area contributed by atoms with Gasteiger partial charge in [0.2, 0.25) is 5.91 Å². The second-order valence-electron chi connectivity index (χ2n) is 6.11. The summed E-state index contributed by atoms with van der Waals surface area (Å²) < 4.78 is 0. The molecule has 1 aliphatic rings. The van der Waals surface area contributed by atoms with Crippen molar-refractivity contribution in [2.75, 3.05) is 13.1 Å². The van der Waals surface area contributed by atoms with Crippen LogP contribution in [-0.2, 0) is 14.4 Å². The number of carbonyl (C=O) groups is 4. The molecule has 28 heavy (non-hydrogen) atoms. The smallest absolute Gasteiger partial charge is 0.303 e. The molecule has 0 atom stereocenters. The van der Waals surface area contributed by atoms with Crippen LogP contribution in [0.2, 0.25) is 0 Å². The number of rotatable bonds is 10. The van der Waals surface area contributed by atoms with Crippen LogP contribution in [-0.4, -0.2) is 46.1 Å². The molecule has 1 aromatic rings. The number of carbonyl (C=O) groups excluding carboxylic acids is 3. The summed E-state index contributed by atoms with van der Waals surface area (Å²) in [5.41, 5.74) is 0.973. The molecule has 0 aliphatic carbocycles. The van der Waals surface area contributed by atoms with Crippen LogP contribution in [0, 0.1) is 0 Å². The molecule has 1 aliphatic heterocycles. The van der Waals surface area contributed by atoms with E-state index in [1.165, 1.54) is 0 Å². The van der Waals surface area contributed by atoms with Gasteiger partial charge in [-0.1, -0.05) is 48.9 Å². The molecule has 2 N–H and O–H groups in total. The van der Waals surface area contributed by atoms with E-state index in [1.807, 2.05) is 36.4 Å². The fourth-order valence-corrected chi connectivity index (χ4v) is 3.26. The van der Waals surface area contributed by atoms with Gasteiger partial charge in [0.05, 0.1) is 4.91 Å². The third-order valence-electron chi connectivity index (χ3n) is 3.90. The highest BCUT2D eigenvalue weighted by molar-refractivity contribution is 8.18. The van der Waals surface area contributed by atoms with E-state index in [0.29, 0.717) is 25.8 Å². The third kappa shape index (κ3) is 7.03. The average molecular weight is 402 g/mol. The van der Waals surface area contributed by atoms with Crippen molar-refractivity contribution in [2.24, 2.45) is 0 Å². The molecule has 0 radical (unpaired) electrons. The molecule has 7 nitrogen and oxygen atoms in total. The third-order valence-corrected chi connectivity index (χ3v) is 4.83. The van der Waals surface area contributed by atoms with Gasteiger partial charge in [0.1, 0.15) is 6.54 Å². The molecule has 0 spiro atoms. The lowest BCUT2D eigenvalue weighted by Gasteiger charge is -2.12. The van der Waals surface area contributed by atoms with E-state index >= 15 is 0 Å². The fraction of sp³-hybridized carbons (Fsp3) is 0.300. The van der Waals surface area contributed by atoms with E-state index in [2.05, 4.69) is 5.32 Å². The highest BCUT2D eigenvalue weighted by Gasteiger charge is 2.35. The maximum absolute atomic E-state index is 12.3. The van der Waals surface area contributed by atoms with Crippen molar-refractivity contribution in [3.63, 3.8) is 0 Å². The van der Waals surface area contributed by atoms with Crippen molar-refractivity contribution in [1.82, 2.24) is 10.2 Å². The second kappa shape index (κ2) is 11.1. The van der Waals surface area contributed by atoms with Gasteiger partial charge in [0, 0.05) is 13.0 Å². The molecule has 8 heteroatoms. The Balaban J connectivity index is 1.78. The molecular formula is C20H22N2O5S. The van der Waals surface area contributed by atoms with E-state index in [1.54, 1.807) is 12.2 Å². The lowest BCUT2D eigenvalue weighted by molar-refractivity contribution is -0.137. The maximum Gasteiger partial charge on any atom is 0.303 e. The summed E-state index contributed by atoms with van der Waals surface area (Å²) in [7, 11) is 0. The van der Waals surface area contributed by atoms with Crippen molar-refractivity contribution in [2.45, 2.75) is 25.7 Å². The first-order chi connectivity index (χ1) is 13.5. The van der Waals surface area contributed by atoms with Crippen LogP contribution < -0.4 is 5.32 Å². The number of hydrogen-bond donors (Lipinski definition) is 2. The van der Waals surface area contributed by atoms with Crippen molar-refractivity contribution in [3.05, 3.63) is 53.0 Å². The maximum atomic E-state index is 12.3. The summed E-state index contributed by atoms with van der Waals surface area (Å²) in [5.74, 6) is -1.74. The van der Waals surface area contributed by atoms with Crippen LogP contribution in [0.5, 0.6) is 0 Å². The SMILES string of the molecule is O=C(O)CCCCCNC(=O)CN1C(=O)S/C(=C\C=C\c2ccccc2)C1=O. The Morgan fingerprint density at radius 1 is 1.11 bits per heavy atom. The van der Waals surface area contributed by atoms with Gasteiger partial charge in [-0.05, 0) is 36.2 Å². The molecule has 0 aromatic heterocycles. The van der Waals surface area contributed by atoms with Crippen LogP contribution in [0.1, 0.15) is 31.2 Å². The minimum Gasteiger partial charge on any atom is -0.481 e. The van der Waals surface area contributed by atoms with Crippen LogP contribution in [0.15, 0.2) is 47.4 Å². The molecule has 0 unspecified atom stereocenters. The van der Waals surface area contributed by atoms with Gasteiger partial charge in [0.25, 0.3) is 11.1 Å². The Morgan fingerprint density at radius 2 is 1.86 bits per heavy atom. The zero-order valence-corrected chi connectivity index (χ0v) is 16.1. The van der Waals surface area contributed by atoms with Gasteiger partial charge in [-0.3, -0.25) is 24.1 Å². The standard InChI is InChI=1S/C20H22N2O5S/c23-17(21-13-6-2-5-12-18(24)25)14-22-19(26)16(28-20(22)27)11-7-10-15-8-3-1-4-9-15/h1,3-4,7-11H,2,5-6,12-14H2,(H,21,23)(H,24,25)/b10-7+,16-11-. The summed E-state index contributed by atoms with van der Waals surface area (Å²) >= 11 is 0.808. The highest BCUT2D eigenvalue weighted by Crippen LogP contribution is 2.30. The Morgan fingerprint density at radius 3 is 2.57 bits per heavy atom. The summed E-state index contributed by atoms with van der Waals surface area (Å²) in [5, 5.41) is 10.7. The lowest BCUT2D eigenvalue weighted by atomic mass is 10.2. The number of amides is 3. The van der Waals surface area contributed by atoms with Gasteiger partial charge >= 0.3 is 5.97 Å². The molecule has 2 rings (SSSR count). The number of imide groups is 1. The van der Waals surface area contributed by atoms with Crippen molar-refractivity contribution in [1.29, 1.82) is 0 Å². The molecule has 1 aromatic carbocycles. The molecule has 0 bridgehead atoms. The van der Waals surface area contributed by atoms with Gasteiger partial charge in [-0.25, -0.2) is 0 Å². The first-order valence-electron chi connectivity index (χ1n) is 8.93. The van der Waals surface area contributed by atoms with E-state index in [9.17, 15) is 19.2 Å². The number of nitrogens with zero attached hydrogens (tertiary/aromatic N) is 1. The zero-order chi connectivity index (χ0) is 20.4. The highest BCUT2D eigenvalue weighted by atomic mass is 32.2. The van der Waals surface area contributed by atoms with Gasteiger partial charge < -0.3 is 10.4 Å². The lowest BCUT2D eigenvalue weighted by Crippen LogP contribution is -2.39. The average Bonchev–Trinajstić information content (AvgIpc) is 2.93. The number of hydrogen-bond acceptors (Lipinski definition) is 5. The Hall–Kier alpha value is -2.87. The van der Waals surface area contributed by atoms with Crippen LogP contribution >= 0.6 is 11.8 Å². The number of nitrogens with one attached hydrogen (secondary N) is 1. The number of benzene rings is 1. The predicted octanol–water partition coefficient (Wildman–Crippen LogP) is 3.04. The number of allylic oxidation sites excluding steroid dienone is 2. The number of carboxylic acid groups (broad SMARTS) is 1. The van der Waals surface area contributed by atoms with Gasteiger partial charge in [0.15, 0.2) is 0 Å². The Bertz CT molecular complexity index is 789. The Labute approximate surface area is 167 Å². The van der Waals surface area contributed by atoms with Crippen molar-refractivity contribution < 1.29 is 24.3 Å². The first-order valence-corrected chi connectivity index (χ1v) is 9.74. The molecule has 1 heterocycles. The first kappa shape index (κ1) is 21.4. The van der Waals surface area contributed by atoms with Crippen LogP contribution in [0.3, 0.4) is 0 Å². The number of unbranched alkanes of at least 4 members (excludes halogenated alkanes) is 2. The minimum absolute atomic E-state index is 0.107. The number of aliphatic carboxylic acids is 1. The zero-order valence-electron chi connectivity index (χ0n) is 15.3. The minimum atomic E-state index is -0.838. The van der Waals surface area contributed by atoms with Crippen molar-refractivity contribution >= 4 is 40.9 Å². The predicted molar refractivity (Wildman–Crippen MR) is 107 cm³/mol. The normalized spacial score (nSPS) is 15.6. The summed E-state index contributed by atoms with van der Waals surface area (Å²) in [6, 6.07) is 9.55. The van der Waals surface area contributed by atoms with Gasteiger partial charge in [-0.15, -0.1) is 0 Å². The van der Waals surface area contributed by atoms with Crippen LogP contribution in [0.4, 0.5) is 4.79 Å². The quantitative estimate of drug-likeness (QED) is 0.460. The summed E-state index contributed by atoms with van der Waals surface area (Å²) in [4.78, 5) is 47.9. The number of carboxylic acids is 1. The molecule has 1 saturated heterocycles. The molecule has 3 amide bonds. The van der Waals surface area contributed by atoms with E-state index < -0.39 is 23.0 Å². The van der Waals surface area contributed by atoms with Gasteiger partial charge in [-0.2, -0.15) is 0 Å². The molecule has 1 fully saturated rings. The van der Waals surface area contributed by atoms with Crippen LogP contribution in [0.25, 0.3) is 6.08 Å². The Kier molecular flexibility index (Phi) is 8.48. The molecule has 0 saturated carbocycles.